The molecule has 0 aromatic heterocycles. The predicted molar refractivity (Wildman–Crippen MR) is 137 cm³/mol. The molecule has 35 heavy (non-hydrogen) atoms. The molecule has 0 unspecified atom stereocenters. The van der Waals surface area contributed by atoms with E-state index in [9.17, 15) is 14.4 Å². The number of rotatable bonds is 5. The number of amides is 3. The van der Waals surface area contributed by atoms with Gasteiger partial charge in [0.05, 0.1) is 11.8 Å². The summed E-state index contributed by atoms with van der Waals surface area (Å²) < 4.78 is 0. The first-order valence-corrected chi connectivity index (χ1v) is 14.3. The fraction of sp³-hybridized carbons (Fsp3) is 0.483. The summed E-state index contributed by atoms with van der Waals surface area (Å²) in [6.07, 6.45) is 6.76. The van der Waals surface area contributed by atoms with Crippen molar-refractivity contribution < 1.29 is 14.4 Å². The summed E-state index contributed by atoms with van der Waals surface area (Å²) in [5.74, 6) is -0.701. The number of hydrogen-bond donors (Lipinski definition) is 0. The third-order valence-corrected chi connectivity index (χ3v) is 9.24. The van der Waals surface area contributed by atoms with Crippen molar-refractivity contribution >= 4 is 29.5 Å². The van der Waals surface area contributed by atoms with Crippen molar-refractivity contribution in [3.63, 3.8) is 0 Å². The highest BCUT2D eigenvalue weighted by atomic mass is 32.2. The molecule has 3 atom stereocenters. The number of carbonyl (C=O) groups excluding carboxylic acids is 3. The van der Waals surface area contributed by atoms with Crippen molar-refractivity contribution in [2.75, 3.05) is 25.1 Å². The highest BCUT2D eigenvalue weighted by Gasteiger charge is 2.63. The number of carbonyl (C=O) groups is 3. The van der Waals surface area contributed by atoms with Crippen LogP contribution in [0.3, 0.4) is 0 Å². The van der Waals surface area contributed by atoms with Crippen LogP contribution in [-0.4, -0.2) is 58.7 Å². The Morgan fingerprint density at radius 3 is 1.71 bits per heavy atom. The van der Waals surface area contributed by atoms with Crippen LogP contribution in [0.4, 0.5) is 0 Å². The van der Waals surface area contributed by atoms with Crippen molar-refractivity contribution in [1.82, 2.24) is 9.80 Å². The van der Waals surface area contributed by atoms with E-state index in [-0.39, 0.29) is 29.6 Å². The standard InChI is InChI=1S/C29H32N2O3S/c1-35-17-14-22(27(32)30-15-8-2-3-9-16-30)31-28(33)25-23-18-10-4-5-11-19(18)24(26(25)29(31)34)21-13-7-6-12-20(21)23/h4-7,10-13,22-26H,2-3,8-9,14-17H2,1H3/t22-,23?,24?,25+,26+/m1/s1. The van der Waals surface area contributed by atoms with Gasteiger partial charge in [-0.2, -0.15) is 11.8 Å². The zero-order chi connectivity index (χ0) is 24.1. The van der Waals surface area contributed by atoms with Crippen LogP contribution in [0.25, 0.3) is 0 Å². The molecule has 2 aromatic carbocycles. The summed E-state index contributed by atoms with van der Waals surface area (Å²) in [6, 6.07) is 15.9. The maximum absolute atomic E-state index is 14.1. The topological polar surface area (TPSA) is 57.7 Å². The second kappa shape index (κ2) is 9.12. The number of likely N-dealkylation sites (tertiary alicyclic amines) is 2. The SMILES string of the molecule is CSCC[C@H](C(=O)N1CCCCCC1)N1C(=O)[C@H]2C3c4ccccc4C(c4ccccc43)[C@@H]2C1=O. The van der Waals surface area contributed by atoms with Gasteiger partial charge >= 0.3 is 0 Å². The quantitative estimate of drug-likeness (QED) is 0.586. The first-order chi connectivity index (χ1) is 17.1. The average Bonchev–Trinajstić information content (AvgIpc) is 3.06. The van der Waals surface area contributed by atoms with Crippen LogP contribution >= 0.6 is 11.8 Å². The minimum absolute atomic E-state index is 0.0383. The molecule has 5 aliphatic rings. The van der Waals surface area contributed by atoms with Gasteiger partial charge in [0.1, 0.15) is 6.04 Å². The molecule has 2 bridgehead atoms. The fourth-order valence-electron chi connectivity index (χ4n) is 7.10. The molecule has 0 saturated carbocycles. The van der Waals surface area contributed by atoms with E-state index in [2.05, 4.69) is 24.3 Å². The smallest absolute Gasteiger partial charge is 0.245 e. The molecule has 2 aliphatic heterocycles. The first kappa shape index (κ1) is 22.8. The van der Waals surface area contributed by atoms with Crippen LogP contribution in [0.15, 0.2) is 48.5 Å². The number of benzene rings is 2. The second-order valence-electron chi connectivity index (χ2n) is 10.3. The molecule has 2 aromatic rings. The molecule has 182 valence electrons. The van der Waals surface area contributed by atoms with Crippen molar-refractivity contribution in [2.45, 2.75) is 50.0 Å². The summed E-state index contributed by atoms with van der Waals surface area (Å²) in [4.78, 5) is 45.4. The maximum Gasteiger partial charge on any atom is 0.245 e. The van der Waals surface area contributed by atoms with Crippen LogP contribution in [0.1, 0.15) is 66.2 Å². The molecular formula is C29H32N2O3S. The van der Waals surface area contributed by atoms with Crippen molar-refractivity contribution in [3.05, 3.63) is 70.8 Å². The van der Waals surface area contributed by atoms with Crippen LogP contribution in [0.5, 0.6) is 0 Å². The van der Waals surface area contributed by atoms with E-state index in [1.54, 1.807) is 11.8 Å². The summed E-state index contributed by atoms with van der Waals surface area (Å²) in [7, 11) is 0. The summed E-state index contributed by atoms with van der Waals surface area (Å²) in [6.45, 7) is 1.44. The molecule has 5 nitrogen and oxygen atoms in total. The molecule has 3 aliphatic carbocycles. The minimum Gasteiger partial charge on any atom is -0.341 e. The number of imide groups is 1. The molecule has 0 radical (unpaired) electrons. The van der Waals surface area contributed by atoms with Gasteiger partial charge in [0.2, 0.25) is 17.7 Å². The summed E-state index contributed by atoms with van der Waals surface area (Å²) in [5.41, 5.74) is 4.67. The Morgan fingerprint density at radius 2 is 1.29 bits per heavy atom. The lowest BCUT2D eigenvalue weighted by Gasteiger charge is -2.45. The average molecular weight is 489 g/mol. The summed E-state index contributed by atoms with van der Waals surface area (Å²) in [5, 5.41) is 0. The van der Waals surface area contributed by atoms with E-state index in [0.717, 1.165) is 44.5 Å². The second-order valence-corrected chi connectivity index (χ2v) is 11.3. The molecule has 0 N–H and O–H groups in total. The summed E-state index contributed by atoms with van der Waals surface area (Å²) >= 11 is 1.66. The van der Waals surface area contributed by atoms with Gasteiger partial charge in [-0.25, -0.2) is 0 Å². The Hall–Kier alpha value is -2.60. The van der Waals surface area contributed by atoms with Gasteiger partial charge in [-0.15, -0.1) is 0 Å². The molecule has 6 heteroatoms. The molecule has 0 spiro atoms. The van der Waals surface area contributed by atoms with E-state index in [0.29, 0.717) is 6.42 Å². The largest absolute Gasteiger partial charge is 0.341 e. The van der Waals surface area contributed by atoms with E-state index in [1.807, 2.05) is 35.4 Å². The minimum atomic E-state index is -0.697. The molecule has 2 fully saturated rings. The number of hydrogen-bond acceptors (Lipinski definition) is 4. The van der Waals surface area contributed by atoms with Gasteiger partial charge in [-0.3, -0.25) is 19.3 Å². The van der Waals surface area contributed by atoms with Crippen molar-refractivity contribution in [3.8, 4) is 0 Å². The number of thioether (sulfide) groups is 1. The maximum atomic E-state index is 14.1. The van der Waals surface area contributed by atoms with Gasteiger partial charge in [0.25, 0.3) is 0 Å². The van der Waals surface area contributed by atoms with Crippen LogP contribution in [0.2, 0.25) is 0 Å². The lowest BCUT2D eigenvalue weighted by Crippen LogP contribution is -2.52. The number of nitrogens with zero attached hydrogens (tertiary/aromatic N) is 2. The van der Waals surface area contributed by atoms with Crippen LogP contribution in [-0.2, 0) is 14.4 Å². The Morgan fingerprint density at radius 1 is 0.829 bits per heavy atom. The Labute approximate surface area is 211 Å². The zero-order valence-electron chi connectivity index (χ0n) is 20.2. The Bertz CT molecular complexity index is 1060. The highest BCUT2D eigenvalue weighted by molar-refractivity contribution is 7.98. The monoisotopic (exact) mass is 488 g/mol. The lowest BCUT2D eigenvalue weighted by atomic mass is 9.55. The van der Waals surface area contributed by atoms with E-state index in [1.165, 1.54) is 27.2 Å². The Balaban J connectivity index is 1.41. The fourth-order valence-corrected chi connectivity index (χ4v) is 7.56. The predicted octanol–water partition coefficient (Wildman–Crippen LogP) is 4.40. The third-order valence-electron chi connectivity index (χ3n) is 8.59. The van der Waals surface area contributed by atoms with Gasteiger partial charge in [0, 0.05) is 24.9 Å². The lowest BCUT2D eigenvalue weighted by molar-refractivity contribution is -0.151. The Kier molecular flexibility index (Phi) is 5.95. The van der Waals surface area contributed by atoms with E-state index >= 15 is 0 Å². The van der Waals surface area contributed by atoms with Crippen molar-refractivity contribution in [2.24, 2.45) is 11.8 Å². The molecule has 7 rings (SSSR count). The van der Waals surface area contributed by atoms with Gasteiger partial charge in [-0.05, 0) is 53.5 Å². The van der Waals surface area contributed by atoms with Gasteiger partial charge in [0.15, 0.2) is 0 Å². The molecule has 3 amide bonds. The highest BCUT2D eigenvalue weighted by Crippen LogP contribution is 2.61. The van der Waals surface area contributed by atoms with Crippen molar-refractivity contribution in [1.29, 1.82) is 0 Å². The van der Waals surface area contributed by atoms with Crippen LogP contribution in [0, 0.1) is 11.8 Å². The third kappa shape index (κ3) is 3.47. The molecule has 2 heterocycles. The van der Waals surface area contributed by atoms with Gasteiger partial charge in [-0.1, -0.05) is 61.4 Å². The van der Waals surface area contributed by atoms with E-state index < -0.39 is 17.9 Å². The van der Waals surface area contributed by atoms with Crippen LogP contribution < -0.4 is 0 Å². The molecule has 2 saturated heterocycles. The molecular weight excluding hydrogens is 456 g/mol. The van der Waals surface area contributed by atoms with E-state index in [4.69, 9.17) is 0 Å². The normalized spacial score (nSPS) is 27.8. The van der Waals surface area contributed by atoms with Gasteiger partial charge < -0.3 is 4.90 Å². The first-order valence-electron chi connectivity index (χ1n) is 13.0. The zero-order valence-corrected chi connectivity index (χ0v) is 21.0.